The van der Waals surface area contributed by atoms with Crippen LogP contribution in [0.1, 0.15) is 18.2 Å². The minimum atomic E-state index is 0.528. The molecule has 0 spiro atoms. The first-order valence-electron chi connectivity index (χ1n) is 6.01. The van der Waals surface area contributed by atoms with E-state index in [1.54, 1.807) is 0 Å². The maximum atomic E-state index is 4.54. The van der Waals surface area contributed by atoms with Crippen LogP contribution in [-0.4, -0.2) is 27.6 Å². The van der Waals surface area contributed by atoms with Crippen molar-refractivity contribution in [3.63, 3.8) is 0 Å². The van der Waals surface area contributed by atoms with E-state index in [1.165, 1.54) is 12.1 Å². The zero-order valence-corrected chi connectivity index (χ0v) is 9.93. The Morgan fingerprint density at radius 2 is 2.18 bits per heavy atom. The number of aryl methyl sites for hydroxylation is 1. The fourth-order valence-corrected chi connectivity index (χ4v) is 2.48. The van der Waals surface area contributed by atoms with Crippen LogP contribution in [0.3, 0.4) is 0 Å². The molecule has 2 aromatic heterocycles. The first-order chi connectivity index (χ1) is 8.36. The smallest absolute Gasteiger partial charge is 0.140 e. The van der Waals surface area contributed by atoms with E-state index < -0.39 is 0 Å². The highest BCUT2D eigenvalue weighted by atomic mass is 15.1. The van der Waals surface area contributed by atoms with Gasteiger partial charge < -0.3 is 9.88 Å². The molecule has 0 bridgehead atoms. The van der Waals surface area contributed by atoms with Crippen LogP contribution in [0.15, 0.2) is 30.7 Å². The Balaban J connectivity index is 2.06. The third kappa shape index (κ3) is 1.85. The first-order valence-corrected chi connectivity index (χ1v) is 6.01. The maximum Gasteiger partial charge on any atom is 0.140 e. The molecule has 3 heterocycles. The molecular formula is C13H16N4. The SMILES string of the molecule is Cc1cnc(-c2ccncc2)n1C1CCNC1. The summed E-state index contributed by atoms with van der Waals surface area (Å²) in [6.45, 7) is 4.25. The van der Waals surface area contributed by atoms with Crippen LogP contribution in [0, 0.1) is 6.92 Å². The molecule has 0 amide bonds. The highest BCUT2D eigenvalue weighted by molar-refractivity contribution is 5.55. The molecule has 1 atom stereocenters. The first kappa shape index (κ1) is 10.5. The number of hydrogen-bond donors (Lipinski definition) is 1. The molecule has 3 rings (SSSR count). The highest BCUT2D eigenvalue weighted by Crippen LogP contribution is 2.26. The van der Waals surface area contributed by atoms with E-state index in [2.05, 4.69) is 26.8 Å². The van der Waals surface area contributed by atoms with Gasteiger partial charge in [-0.1, -0.05) is 0 Å². The van der Waals surface area contributed by atoms with Crippen molar-refractivity contribution in [2.24, 2.45) is 0 Å². The normalized spacial score (nSPS) is 19.7. The second-order valence-corrected chi connectivity index (χ2v) is 4.48. The number of pyridine rings is 1. The predicted molar refractivity (Wildman–Crippen MR) is 66.7 cm³/mol. The topological polar surface area (TPSA) is 42.7 Å². The number of nitrogens with one attached hydrogen (secondary N) is 1. The molecule has 17 heavy (non-hydrogen) atoms. The van der Waals surface area contributed by atoms with Gasteiger partial charge in [0, 0.05) is 42.4 Å². The molecule has 0 radical (unpaired) electrons. The van der Waals surface area contributed by atoms with Crippen molar-refractivity contribution in [2.45, 2.75) is 19.4 Å². The Bertz CT molecular complexity index is 497. The second kappa shape index (κ2) is 4.30. The van der Waals surface area contributed by atoms with Gasteiger partial charge in [-0.15, -0.1) is 0 Å². The third-order valence-corrected chi connectivity index (χ3v) is 3.32. The molecule has 1 fully saturated rings. The van der Waals surface area contributed by atoms with Crippen LogP contribution in [-0.2, 0) is 0 Å². The fraction of sp³-hybridized carbons (Fsp3) is 0.385. The van der Waals surface area contributed by atoms with Gasteiger partial charge in [-0.05, 0) is 32.0 Å². The lowest BCUT2D eigenvalue weighted by Crippen LogP contribution is -2.15. The van der Waals surface area contributed by atoms with Gasteiger partial charge >= 0.3 is 0 Å². The molecule has 4 nitrogen and oxygen atoms in total. The summed E-state index contributed by atoms with van der Waals surface area (Å²) in [7, 11) is 0. The van der Waals surface area contributed by atoms with Crippen molar-refractivity contribution >= 4 is 0 Å². The number of aromatic nitrogens is 3. The molecule has 1 aliphatic heterocycles. The van der Waals surface area contributed by atoms with Gasteiger partial charge in [-0.3, -0.25) is 4.98 Å². The fourth-order valence-electron chi connectivity index (χ4n) is 2.48. The Morgan fingerprint density at radius 3 is 2.88 bits per heavy atom. The quantitative estimate of drug-likeness (QED) is 0.852. The average molecular weight is 228 g/mol. The van der Waals surface area contributed by atoms with Gasteiger partial charge in [0.1, 0.15) is 5.82 Å². The van der Waals surface area contributed by atoms with E-state index in [0.717, 1.165) is 24.5 Å². The average Bonchev–Trinajstić information content (AvgIpc) is 2.99. The number of imidazole rings is 1. The minimum absolute atomic E-state index is 0.528. The lowest BCUT2D eigenvalue weighted by atomic mass is 10.2. The zero-order valence-electron chi connectivity index (χ0n) is 9.93. The van der Waals surface area contributed by atoms with Gasteiger partial charge in [0.2, 0.25) is 0 Å². The van der Waals surface area contributed by atoms with Gasteiger partial charge in [-0.25, -0.2) is 4.98 Å². The Morgan fingerprint density at radius 1 is 1.35 bits per heavy atom. The molecule has 0 aromatic carbocycles. The van der Waals surface area contributed by atoms with E-state index in [-0.39, 0.29) is 0 Å². The summed E-state index contributed by atoms with van der Waals surface area (Å²) in [6, 6.07) is 4.56. The highest BCUT2D eigenvalue weighted by Gasteiger charge is 2.21. The van der Waals surface area contributed by atoms with E-state index >= 15 is 0 Å². The monoisotopic (exact) mass is 228 g/mol. The van der Waals surface area contributed by atoms with Crippen molar-refractivity contribution < 1.29 is 0 Å². The van der Waals surface area contributed by atoms with E-state index in [9.17, 15) is 0 Å². The maximum absolute atomic E-state index is 4.54. The van der Waals surface area contributed by atoms with E-state index in [4.69, 9.17) is 0 Å². The molecule has 2 aromatic rings. The molecule has 88 valence electrons. The summed E-state index contributed by atoms with van der Waals surface area (Å²) >= 11 is 0. The molecule has 1 N–H and O–H groups in total. The summed E-state index contributed by atoms with van der Waals surface area (Å²) in [4.78, 5) is 8.59. The van der Waals surface area contributed by atoms with Gasteiger partial charge in [0.25, 0.3) is 0 Å². The molecule has 1 saturated heterocycles. The van der Waals surface area contributed by atoms with Crippen molar-refractivity contribution in [1.82, 2.24) is 19.9 Å². The predicted octanol–water partition coefficient (Wildman–Crippen LogP) is 1.79. The molecule has 4 heteroatoms. The summed E-state index contributed by atoms with van der Waals surface area (Å²) < 4.78 is 2.34. The molecule has 1 aliphatic rings. The van der Waals surface area contributed by atoms with Crippen LogP contribution in [0.2, 0.25) is 0 Å². The van der Waals surface area contributed by atoms with Crippen LogP contribution in [0.25, 0.3) is 11.4 Å². The second-order valence-electron chi connectivity index (χ2n) is 4.48. The van der Waals surface area contributed by atoms with Crippen molar-refractivity contribution in [3.8, 4) is 11.4 Å². The van der Waals surface area contributed by atoms with Crippen LogP contribution >= 0.6 is 0 Å². The lowest BCUT2D eigenvalue weighted by molar-refractivity contribution is 0.541. The number of nitrogens with zero attached hydrogens (tertiary/aromatic N) is 3. The Kier molecular flexibility index (Phi) is 2.65. The summed E-state index contributed by atoms with van der Waals surface area (Å²) in [6.07, 6.45) is 6.76. The zero-order chi connectivity index (χ0) is 11.7. The Hall–Kier alpha value is -1.68. The lowest BCUT2D eigenvalue weighted by Gasteiger charge is -2.16. The van der Waals surface area contributed by atoms with Gasteiger partial charge in [-0.2, -0.15) is 0 Å². The largest absolute Gasteiger partial charge is 0.324 e. The Labute approximate surface area is 101 Å². The summed E-state index contributed by atoms with van der Waals surface area (Å²) in [5.74, 6) is 1.05. The van der Waals surface area contributed by atoms with Crippen LogP contribution < -0.4 is 5.32 Å². The molecular weight excluding hydrogens is 212 g/mol. The van der Waals surface area contributed by atoms with E-state index in [1.807, 2.05) is 30.7 Å². The third-order valence-electron chi connectivity index (χ3n) is 3.32. The van der Waals surface area contributed by atoms with Gasteiger partial charge in [0.05, 0.1) is 0 Å². The van der Waals surface area contributed by atoms with Crippen molar-refractivity contribution in [3.05, 3.63) is 36.4 Å². The van der Waals surface area contributed by atoms with Crippen molar-refractivity contribution in [2.75, 3.05) is 13.1 Å². The molecule has 1 unspecified atom stereocenters. The minimum Gasteiger partial charge on any atom is -0.324 e. The van der Waals surface area contributed by atoms with Crippen molar-refractivity contribution in [1.29, 1.82) is 0 Å². The van der Waals surface area contributed by atoms with Gasteiger partial charge in [0.15, 0.2) is 0 Å². The summed E-state index contributed by atoms with van der Waals surface area (Å²) in [5, 5.41) is 3.41. The molecule has 0 aliphatic carbocycles. The summed E-state index contributed by atoms with van der Waals surface area (Å²) in [5.41, 5.74) is 2.37. The molecule has 0 saturated carbocycles. The van der Waals surface area contributed by atoms with Crippen LogP contribution in [0.5, 0.6) is 0 Å². The number of hydrogen-bond acceptors (Lipinski definition) is 3. The number of rotatable bonds is 2. The van der Waals surface area contributed by atoms with E-state index in [0.29, 0.717) is 6.04 Å². The van der Waals surface area contributed by atoms with Crippen LogP contribution in [0.4, 0.5) is 0 Å². The standard InChI is InChI=1S/C13H16N4/c1-10-8-16-13(11-2-5-14-6-3-11)17(10)12-4-7-15-9-12/h2-3,5-6,8,12,15H,4,7,9H2,1H3.